The number of fused-ring (bicyclic) bond motifs is 5. The SMILES string of the molecule is CC1(C)c2cc(-c3cc4ccccc4c4ccccc34)ccc2-c2c(N(c3ccccc3)c3ccccc3)ccc3cccc1c23. The lowest BCUT2D eigenvalue weighted by molar-refractivity contribution is 0.645. The lowest BCUT2D eigenvalue weighted by Gasteiger charge is -2.38. The Labute approximate surface area is 270 Å². The minimum Gasteiger partial charge on any atom is -0.310 e. The van der Waals surface area contributed by atoms with E-state index in [0.29, 0.717) is 0 Å². The maximum atomic E-state index is 2.47. The molecule has 1 aliphatic carbocycles. The van der Waals surface area contributed by atoms with Crippen molar-refractivity contribution in [2.45, 2.75) is 19.3 Å². The molecule has 0 aliphatic heterocycles. The summed E-state index contributed by atoms with van der Waals surface area (Å²) in [4.78, 5) is 2.42. The Balaban J connectivity index is 1.35. The standard InChI is InChI=1S/C45H33N/c1-45(2)40-23-13-15-30-25-27-42(46(33-16-5-3-6-17-33)34-18-7-4-8-19-34)44(43(30)40)38-26-24-32(29-41(38)45)39-28-31-14-9-10-20-35(31)36-21-11-12-22-37(36)39/h3-29H,1-2H3. The normalized spacial score (nSPS) is 13.2. The molecule has 0 unspecified atom stereocenters. The Kier molecular flexibility index (Phi) is 5.92. The fourth-order valence-electron chi connectivity index (χ4n) is 7.81. The molecule has 0 fully saturated rings. The van der Waals surface area contributed by atoms with Crippen molar-refractivity contribution in [1.29, 1.82) is 0 Å². The maximum Gasteiger partial charge on any atom is 0.0546 e. The van der Waals surface area contributed by atoms with E-state index in [1.54, 1.807) is 0 Å². The van der Waals surface area contributed by atoms with Crippen LogP contribution in [0.5, 0.6) is 0 Å². The number of anilines is 3. The summed E-state index contributed by atoms with van der Waals surface area (Å²) in [5.74, 6) is 0. The van der Waals surface area contributed by atoms with Gasteiger partial charge in [0.05, 0.1) is 5.69 Å². The summed E-state index contributed by atoms with van der Waals surface area (Å²) in [5.41, 5.74) is 11.2. The molecule has 0 bridgehead atoms. The lowest BCUT2D eigenvalue weighted by Crippen LogP contribution is -2.24. The molecule has 0 spiro atoms. The molecule has 0 amide bonds. The summed E-state index contributed by atoms with van der Waals surface area (Å²) < 4.78 is 0. The Morgan fingerprint density at radius 3 is 1.80 bits per heavy atom. The van der Waals surface area contributed by atoms with Gasteiger partial charge in [-0.3, -0.25) is 0 Å². The molecular weight excluding hydrogens is 555 g/mol. The van der Waals surface area contributed by atoms with Crippen molar-refractivity contribution >= 4 is 49.4 Å². The van der Waals surface area contributed by atoms with Gasteiger partial charge < -0.3 is 4.90 Å². The zero-order chi connectivity index (χ0) is 30.8. The molecule has 0 saturated carbocycles. The second-order valence-electron chi connectivity index (χ2n) is 12.9. The van der Waals surface area contributed by atoms with Gasteiger partial charge in [-0.2, -0.15) is 0 Å². The van der Waals surface area contributed by atoms with Crippen LogP contribution < -0.4 is 4.90 Å². The highest BCUT2D eigenvalue weighted by Gasteiger charge is 2.36. The highest BCUT2D eigenvalue weighted by molar-refractivity contribution is 6.14. The predicted octanol–water partition coefficient (Wildman–Crippen LogP) is 12.6. The topological polar surface area (TPSA) is 3.24 Å². The third-order valence-electron chi connectivity index (χ3n) is 10.0. The smallest absolute Gasteiger partial charge is 0.0546 e. The van der Waals surface area contributed by atoms with Crippen LogP contribution in [-0.2, 0) is 5.41 Å². The van der Waals surface area contributed by atoms with Crippen molar-refractivity contribution in [3.8, 4) is 22.3 Å². The van der Waals surface area contributed by atoms with Gasteiger partial charge in [0.2, 0.25) is 0 Å². The van der Waals surface area contributed by atoms with Crippen LogP contribution in [0.1, 0.15) is 25.0 Å². The first-order chi connectivity index (χ1) is 22.6. The van der Waals surface area contributed by atoms with Gasteiger partial charge in [-0.15, -0.1) is 0 Å². The molecule has 8 aromatic rings. The summed E-state index contributed by atoms with van der Waals surface area (Å²) in [6.45, 7) is 4.79. The quantitative estimate of drug-likeness (QED) is 0.185. The van der Waals surface area contributed by atoms with Gasteiger partial charge in [-0.25, -0.2) is 0 Å². The molecule has 0 heterocycles. The van der Waals surface area contributed by atoms with Crippen molar-refractivity contribution in [3.63, 3.8) is 0 Å². The molecule has 1 heteroatoms. The van der Waals surface area contributed by atoms with E-state index in [-0.39, 0.29) is 5.41 Å². The highest BCUT2D eigenvalue weighted by atomic mass is 15.1. The van der Waals surface area contributed by atoms with E-state index >= 15 is 0 Å². The Bertz CT molecular complexity index is 2400. The third kappa shape index (κ3) is 3.95. The minimum absolute atomic E-state index is 0.187. The molecule has 46 heavy (non-hydrogen) atoms. The first kappa shape index (κ1) is 26.7. The van der Waals surface area contributed by atoms with E-state index in [4.69, 9.17) is 0 Å². The van der Waals surface area contributed by atoms with Crippen molar-refractivity contribution in [1.82, 2.24) is 0 Å². The lowest BCUT2D eigenvalue weighted by atomic mass is 9.67. The molecule has 8 aromatic carbocycles. The number of nitrogens with zero attached hydrogens (tertiary/aromatic N) is 1. The fourth-order valence-corrected chi connectivity index (χ4v) is 7.81. The molecule has 218 valence electrons. The van der Waals surface area contributed by atoms with Gasteiger partial charge in [0.1, 0.15) is 0 Å². The third-order valence-corrected chi connectivity index (χ3v) is 10.0. The zero-order valence-electron chi connectivity index (χ0n) is 26.0. The number of hydrogen-bond acceptors (Lipinski definition) is 1. The predicted molar refractivity (Wildman–Crippen MR) is 197 cm³/mol. The zero-order valence-corrected chi connectivity index (χ0v) is 26.0. The van der Waals surface area contributed by atoms with Crippen LogP contribution in [0.25, 0.3) is 54.6 Å². The Hall–Kier alpha value is -5.66. The van der Waals surface area contributed by atoms with Gasteiger partial charge in [0.25, 0.3) is 0 Å². The second-order valence-corrected chi connectivity index (χ2v) is 12.9. The van der Waals surface area contributed by atoms with Gasteiger partial charge in [0, 0.05) is 22.4 Å². The average molecular weight is 588 g/mol. The summed E-state index contributed by atoms with van der Waals surface area (Å²) in [6, 6.07) is 60.1. The Morgan fingerprint density at radius 1 is 0.435 bits per heavy atom. The largest absolute Gasteiger partial charge is 0.310 e. The van der Waals surface area contributed by atoms with E-state index in [0.717, 1.165) is 11.4 Å². The van der Waals surface area contributed by atoms with Crippen LogP contribution in [0, 0.1) is 0 Å². The molecule has 9 rings (SSSR count). The minimum atomic E-state index is -0.187. The number of hydrogen-bond donors (Lipinski definition) is 0. The Morgan fingerprint density at radius 2 is 1.07 bits per heavy atom. The van der Waals surface area contributed by atoms with E-state index in [9.17, 15) is 0 Å². The second kappa shape index (κ2) is 10.2. The molecule has 0 atom stereocenters. The molecule has 0 saturated heterocycles. The van der Waals surface area contributed by atoms with Crippen molar-refractivity contribution in [2.24, 2.45) is 0 Å². The first-order valence-electron chi connectivity index (χ1n) is 16.1. The van der Waals surface area contributed by atoms with E-state index in [2.05, 4.69) is 183 Å². The van der Waals surface area contributed by atoms with Gasteiger partial charge in [0.15, 0.2) is 0 Å². The summed E-state index contributed by atoms with van der Waals surface area (Å²) in [7, 11) is 0. The molecule has 0 aromatic heterocycles. The number of para-hydroxylation sites is 2. The van der Waals surface area contributed by atoms with Crippen molar-refractivity contribution < 1.29 is 0 Å². The number of rotatable bonds is 4. The summed E-state index contributed by atoms with van der Waals surface area (Å²) in [5, 5.41) is 7.78. The van der Waals surface area contributed by atoms with Crippen LogP contribution in [0.2, 0.25) is 0 Å². The maximum absolute atomic E-state index is 2.47. The van der Waals surface area contributed by atoms with Crippen LogP contribution in [-0.4, -0.2) is 0 Å². The molecule has 1 nitrogen and oxygen atoms in total. The first-order valence-corrected chi connectivity index (χ1v) is 16.1. The van der Waals surface area contributed by atoms with Gasteiger partial charge in [-0.05, 0) is 103 Å². The fraction of sp³-hybridized carbons (Fsp3) is 0.0667. The van der Waals surface area contributed by atoms with Crippen molar-refractivity contribution in [2.75, 3.05) is 4.90 Å². The van der Waals surface area contributed by atoms with E-state index in [1.807, 2.05) is 0 Å². The molecular formula is C45H33N. The van der Waals surface area contributed by atoms with E-state index in [1.165, 1.54) is 71.4 Å². The molecule has 0 N–H and O–H groups in total. The monoisotopic (exact) mass is 587 g/mol. The van der Waals surface area contributed by atoms with Gasteiger partial charge in [-0.1, -0.05) is 135 Å². The summed E-state index contributed by atoms with van der Waals surface area (Å²) >= 11 is 0. The molecule has 0 radical (unpaired) electrons. The van der Waals surface area contributed by atoms with Gasteiger partial charge >= 0.3 is 0 Å². The van der Waals surface area contributed by atoms with Crippen LogP contribution >= 0.6 is 0 Å². The van der Waals surface area contributed by atoms with E-state index < -0.39 is 0 Å². The van der Waals surface area contributed by atoms with Crippen molar-refractivity contribution in [3.05, 3.63) is 175 Å². The molecule has 1 aliphatic rings. The van der Waals surface area contributed by atoms with Crippen LogP contribution in [0.4, 0.5) is 17.1 Å². The summed E-state index contributed by atoms with van der Waals surface area (Å²) in [6.07, 6.45) is 0. The van der Waals surface area contributed by atoms with Crippen LogP contribution in [0.3, 0.4) is 0 Å². The number of benzene rings is 8. The van der Waals surface area contributed by atoms with Crippen LogP contribution in [0.15, 0.2) is 164 Å². The average Bonchev–Trinajstić information content (AvgIpc) is 3.11. The highest BCUT2D eigenvalue weighted by Crippen LogP contribution is 2.54.